The van der Waals surface area contributed by atoms with Gasteiger partial charge < -0.3 is 15.4 Å². The monoisotopic (exact) mass is 275 g/mol. The number of hydrogen-bond acceptors (Lipinski definition) is 4. The zero-order valence-corrected chi connectivity index (χ0v) is 11.5. The Balaban J connectivity index is 2.24. The molecule has 1 heterocycles. The van der Waals surface area contributed by atoms with E-state index >= 15 is 0 Å². The molecule has 0 amide bonds. The fourth-order valence-electron chi connectivity index (χ4n) is 2.10. The molecule has 3 N–H and O–H groups in total. The maximum atomic E-state index is 12.1. The van der Waals surface area contributed by atoms with Crippen molar-refractivity contribution in [3.63, 3.8) is 0 Å². The number of aryl methyl sites for hydroxylation is 2. The van der Waals surface area contributed by atoms with Gasteiger partial charge in [-0.25, -0.2) is 4.98 Å². The zero-order valence-electron chi connectivity index (χ0n) is 11.5. The normalized spacial score (nSPS) is 12.6. The van der Waals surface area contributed by atoms with E-state index < -0.39 is 12.0 Å². The van der Waals surface area contributed by atoms with Crippen LogP contribution in [-0.2, 0) is 11.8 Å². The number of nitrogens with two attached hydrogens (primary N) is 1. The SMILES string of the molecule is Cc1nc2cc(C(=O)C(N)CCC(=O)O)ccc2n1C. The Hall–Kier alpha value is -2.21. The lowest BCUT2D eigenvalue weighted by atomic mass is 10.0. The lowest BCUT2D eigenvalue weighted by molar-refractivity contribution is -0.137. The minimum Gasteiger partial charge on any atom is -0.481 e. The summed E-state index contributed by atoms with van der Waals surface area (Å²) in [5, 5.41) is 8.61. The third-order valence-corrected chi connectivity index (χ3v) is 3.39. The highest BCUT2D eigenvalue weighted by molar-refractivity contribution is 6.02. The number of benzene rings is 1. The maximum Gasteiger partial charge on any atom is 0.303 e. The molecule has 0 aliphatic heterocycles. The summed E-state index contributed by atoms with van der Waals surface area (Å²) in [6.07, 6.45) is 0.0191. The first kappa shape index (κ1) is 14.2. The molecule has 0 spiro atoms. The summed E-state index contributed by atoms with van der Waals surface area (Å²) in [5.74, 6) is -0.347. The van der Waals surface area contributed by atoms with E-state index in [2.05, 4.69) is 4.98 Å². The molecule has 0 fully saturated rings. The predicted molar refractivity (Wildman–Crippen MR) is 74.6 cm³/mol. The van der Waals surface area contributed by atoms with Crippen molar-refractivity contribution >= 4 is 22.8 Å². The number of carbonyl (C=O) groups is 2. The standard InChI is InChI=1S/C14H17N3O3/c1-8-16-11-7-9(3-5-12(11)17(8)2)14(20)10(15)4-6-13(18)19/h3,5,7,10H,4,6,15H2,1-2H3,(H,18,19). The third-order valence-electron chi connectivity index (χ3n) is 3.39. The van der Waals surface area contributed by atoms with Crippen LogP contribution in [-0.4, -0.2) is 32.5 Å². The van der Waals surface area contributed by atoms with E-state index in [1.807, 2.05) is 24.6 Å². The molecule has 1 unspecified atom stereocenters. The molecule has 0 saturated heterocycles. The predicted octanol–water partition coefficient (Wildman–Crippen LogP) is 1.26. The molecule has 6 nitrogen and oxygen atoms in total. The number of carboxylic acids is 1. The molecule has 1 atom stereocenters. The molecule has 0 bridgehead atoms. The minimum atomic E-state index is -0.955. The van der Waals surface area contributed by atoms with Gasteiger partial charge in [0.25, 0.3) is 0 Å². The van der Waals surface area contributed by atoms with Gasteiger partial charge >= 0.3 is 5.97 Å². The van der Waals surface area contributed by atoms with Crippen LogP contribution in [0.1, 0.15) is 29.0 Å². The third kappa shape index (κ3) is 2.70. The average molecular weight is 275 g/mol. The van der Waals surface area contributed by atoms with Crippen molar-refractivity contribution in [1.29, 1.82) is 0 Å². The van der Waals surface area contributed by atoms with Crippen LogP contribution in [0, 0.1) is 6.92 Å². The van der Waals surface area contributed by atoms with Crippen molar-refractivity contribution in [3.05, 3.63) is 29.6 Å². The first-order valence-corrected chi connectivity index (χ1v) is 6.35. The maximum absolute atomic E-state index is 12.1. The molecule has 6 heteroatoms. The number of hydrogen-bond donors (Lipinski definition) is 2. The highest BCUT2D eigenvalue weighted by Gasteiger charge is 2.18. The van der Waals surface area contributed by atoms with E-state index in [0.717, 1.165) is 16.9 Å². The highest BCUT2D eigenvalue weighted by atomic mass is 16.4. The number of carboxylic acid groups (broad SMARTS) is 1. The molecular formula is C14H17N3O3. The van der Waals surface area contributed by atoms with Gasteiger partial charge in [0.2, 0.25) is 0 Å². The van der Waals surface area contributed by atoms with Gasteiger partial charge in [0, 0.05) is 19.0 Å². The summed E-state index contributed by atoms with van der Waals surface area (Å²) in [5.41, 5.74) is 7.88. The van der Waals surface area contributed by atoms with Gasteiger partial charge in [0.1, 0.15) is 5.82 Å². The van der Waals surface area contributed by atoms with Gasteiger partial charge in [0.05, 0.1) is 17.1 Å². The van der Waals surface area contributed by atoms with E-state index in [9.17, 15) is 9.59 Å². The molecular weight excluding hydrogens is 258 g/mol. The molecule has 106 valence electrons. The van der Waals surface area contributed by atoms with E-state index in [4.69, 9.17) is 10.8 Å². The Morgan fingerprint density at radius 3 is 2.80 bits per heavy atom. The van der Waals surface area contributed by atoms with Crippen molar-refractivity contribution in [3.8, 4) is 0 Å². The Bertz CT molecular complexity index is 676. The first-order valence-electron chi connectivity index (χ1n) is 6.35. The van der Waals surface area contributed by atoms with E-state index in [1.54, 1.807) is 12.1 Å². The van der Waals surface area contributed by atoms with Gasteiger partial charge in [-0.2, -0.15) is 0 Å². The number of imidazole rings is 1. The second kappa shape index (κ2) is 5.42. The van der Waals surface area contributed by atoms with Crippen LogP contribution in [0.5, 0.6) is 0 Å². The van der Waals surface area contributed by atoms with Crippen LogP contribution in [0.4, 0.5) is 0 Å². The fourth-order valence-corrected chi connectivity index (χ4v) is 2.10. The number of aliphatic carboxylic acids is 1. The summed E-state index contributed by atoms with van der Waals surface area (Å²) >= 11 is 0. The molecule has 20 heavy (non-hydrogen) atoms. The number of carbonyl (C=O) groups excluding carboxylic acids is 1. The quantitative estimate of drug-likeness (QED) is 0.800. The van der Waals surface area contributed by atoms with Crippen LogP contribution in [0.15, 0.2) is 18.2 Å². The zero-order chi connectivity index (χ0) is 14.9. The summed E-state index contributed by atoms with van der Waals surface area (Å²) < 4.78 is 1.94. The lowest BCUT2D eigenvalue weighted by Gasteiger charge is -2.09. The van der Waals surface area contributed by atoms with E-state index in [0.29, 0.717) is 5.56 Å². The number of ketones is 1. The number of Topliss-reactive ketones (excluding diaryl/α,β-unsaturated/α-hetero) is 1. The fraction of sp³-hybridized carbons (Fsp3) is 0.357. The molecule has 0 aliphatic rings. The van der Waals surface area contributed by atoms with Crippen LogP contribution in [0.3, 0.4) is 0 Å². The minimum absolute atomic E-state index is 0.113. The lowest BCUT2D eigenvalue weighted by Crippen LogP contribution is -2.31. The van der Waals surface area contributed by atoms with Crippen LogP contribution < -0.4 is 5.73 Å². The Morgan fingerprint density at radius 1 is 1.45 bits per heavy atom. The average Bonchev–Trinajstić information content (AvgIpc) is 2.70. The van der Waals surface area contributed by atoms with E-state index in [-0.39, 0.29) is 18.6 Å². The van der Waals surface area contributed by atoms with Gasteiger partial charge in [-0.15, -0.1) is 0 Å². The molecule has 2 aromatic rings. The number of rotatable bonds is 5. The van der Waals surface area contributed by atoms with Crippen LogP contribution >= 0.6 is 0 Å². The smallest absolute Gasteiger partial charge is 0.303 e. The van der Waals surface area contributed by atoms with Crippen LogP contribution in [0.25, 0.3) is 11.0 Å². The summed E-state index contributed by atoms with van der Waals surface area (Å²) in [6, 6.07) is 4.43. The Labute approximate surface area is 116 Å². The van der Waals surface area contributed by atoms with Gasteiger partial charge in [0.15, 0.2) is 5.78 Å². The summed E-state index contributed by atoms with van der Waals surface area (Å²) in [7, 11) is 1.91. The van der Waals surface area contributed by atoms with Gasteiger partial charge in [-0.1, -0.05) is 0 Å². The Morgan fingerprint density at radius 2 is 2.15 bits per heavy atom. The van der Waals surface area contributed by atoms with Crippen molar-refractivity contribution in [2.24, 2.45) is 12.8 Å². The summed E-state index contributed by atoms with van der Waals surface area (Å²) in [6.45, 7) is 1.89. The van der Waals surface area contributed by atoms with Gasteiger partial charge in [-0.3, -0.25) is 9.59 Å². The van der Waals surface area contributed by atoms with Crippen molar-refractivity contribution < 1.29 is 14.7 Å². The molecule has 1 aromatic carbocycles. The largest absolute Gasteiger partial charge is 0.481 e. The summed E-state index contributed by atoms with van der Waals surface area (Å²) in [4.78, 5) is 27.0. The molecule has 1 aromatic heterocycles. The molecule has 0 radical (unpaired) electrons. The topological polar surface area (TPSA) is 98.2 Å². The second-order valence-electron chi connectivity index (χ2n) is 4.82. The first-order chi connectivity index (χ1) is 9.40. The Kier molecular flexibility index (Phi) is 3.85. The molecule has 0 saturated carbocycles. The number of fused-ring (bicyclic) bond motifs is 1. The van der Waals surface area contributed by atoms with Crippen molar-refractivity contribution in [2.75, 3.05) is 0 Å². The number of nitrogens with zero attached hydrogens (tertiary/aromatic N) is 2. The van der Waals surface area contributed by atoms with Gasteiger partial charge in [-0.05, 0) is 31.5 Å². The van der Waals surface area contributed by atoms with Crippen molar-refractivity contribution in [1.82, 2.24) is 9.55 Å². The molecule has 2 rings (SSSR count). The van der Waals surface area contributed by atoms with Crippen LogP contribution in [0.2, 0.25) is 0 Å². The number of aromatic nitrogens is 2. The molecule has 0 aliphatic carbocycles. The second-order valence-corrected chi connectivity index (χ2v) is 4.82. The van der Waals surface area contributed by atoms with Crippen molar-refractivity contribution in [2.45, 2.75) is 25.8 Å². The highest BCUT2D eigenvalue weighted by Crippen LogP contribution is 2.17. The van der Waals surface area contributed by atoms with E-state index in [1.165, 1.54) is 0 Å².